The molecule has 0 unspecified atom stereocenters. The van der Waals surface area contributed by atoms with Crippen LogP contribution >= 0.6 is 0 Å². The number of anilines is 1. The van der Waals surface area contributed by atoms with Gasteiger partial charge in [-0.25, -0.2) is 13.4 Å². The van der Waals surface area contributed by atoms with Gasteiger partial charge in [-0.3, -0.25) is 10.1 Å². The molecule has 25 heavy (non-hydrogen) atoms. The zero-order valence-electron chi connectivity index (χ0n) is 13.7. The smallest absolute Gasteiger partial charge is 0.311 e. The van der Waals surface area contributed by atoms with Crippen LogP contribution < -0.4 is 4.90 Å². The van der Waals surface area contributed by atoms with Crippen molar-refractivity contribution in [2.45, 2.75) is 18.7 Å². The van der Waals surface area contributed by atoms with Crippen molar-refractivity contribution in [3.05, 3.63) is 39.9 Å². The zero-order chi connectivity index (χ0) is 18.2. The maximum Gasteiger partial charge on any atom is 0.311 e. The van der Waals surface area contributed by atoms with E-state index < -0.39 is 14.9 Å². The number of nitrogens with zero attached hydrogens (tertiary/aromatic N) is 5. The second kappa shape index (κ2) is 6.41. The Morgan fingerprint density at radius 3 is 2.48 bits per heavy atom. The third-order valence-electron chi connectivity index (χ3n) is 4.07. The maximum absolute atomic E-state index is 12.8. The van der Waals surface area contributed by atoms with Crippen LogP contribution in [0.5, 0.6) is 0 Å². The van der Waals surface area contributed by atoms with E-state index in [1.807, 2.05) is 0 Å². The summed E-state index contributed by atoms with van der Waals surface area (Å²) in [4.78, 5) is 16.5. The van der Waals surface area contributed by atoms with Gasteiger partial charge in [0.15, 0.2) is 5.76 Å². The van der Waals surface area contributed by atoms with E-state index >= 15 is 0 Å². The number of piperazine rings is 1. The molecule has 1 saturated heterocycles. The van der Waals surface area contributed by atoms with Gasteiger partial charge in [-0.2, -0.15) is 4.31 Å². The summed E-state index contributed by atoms with van der Waals surface area (Å²) in [5.74, 6) is 0.502. The molecular formula is C14H17N5O5S. The Kier molecular flexibility index (Phi) is 4.43. The standard InChI is InChI=1S/C14H17N5O5S/c1-10-13(11(2)24-16-10)25(22,23)18-8-6-17(7-9-18)14-12(19(20)21)4-3-5-15-14/h3-5H,6-9H2,1-2H3. The average Bonchev–Trinajstić information content (AvgIpc) is 2.94. The van der Waals surface area contributed by atoms with Crippen LogP contribution in [0.15, 0.2) is 27.7 Å². The van der Waals surface area contributed by atoms with Gasteiger partial charge < -0.3 is 9.42 Å². The van der Waals surface area contributed by atoms with E-state index in [9.17, 15) is 18.5 Å². The number of aryl methyl sites for hydroxylation is 2. The first-order valence-corrected chi connectivity index (χ1v) is 9.03. The first-order chi connectivity index (χ1) is 11.8. The highest BCUT2D eigenvalue weighted by molar-refractivity contribution is 7.89. The largest absolute Gasteiger partial charge is 0.360 e. The summed E-state index contributed by atoms with van der Waals surface area (Å²) in [6.07, 6.45) is 1.48. The minimum Gasteiger partial charge on any atom is -0.360 e. The number of aromatic nitrogens is 2. The lowest BCUT2D eigenvalue weighted by Crippen LogP contribution is -2.49. The average molecular weight is 367 g/mol. The lowest BCUT2D eigenvalue weighted by molar-refractivity contribution is -0.384. The third kappa shape index (κ3) is 3.07. The Labute approximate surface area is 144 Å². The number of rotatable bonds is 4. The first-order valence-electron chi connectivity index (χ1n) is 7.59. The van der Waals surface area contributed by atoms with E-state index in [0.717, 1.165) is 0 Å². The van der Waals surface area contributed by atoms with Gasteiger partial charge in [-0.1, -0.05) is 5.16 Å². The summed E-state index contributed by atoms with van der Waals surface area (Å²) >= 11 is 0. The molecule has 0 saturated carbocycles. The Balaban J connectivity index is 1.80. The van der Waals surface area contributed by atoms with Crippen molar-refractivity contribution in [3.8, 4) is 0 Å². The molecule has 0 amide bonds. The van der Waals surface area contributed by atoms with Crippen molar-refractivity contribution in [2.75, 3.05) is 31.1 Å². The maximum atomic E-state index is 12.8. The van der Waals surface area contributed by atoms with Crippen molar-refractivity contribution in [1.29, 1.82) is 0 Å². The van der Waals surface area contributed by atoms with Crippen molar-refractivity contribution in [1.82, 2.24) is 14.4 Å². The molecule has 0 aromatic carbocycles. The predicted octanol–water partition coefficient (Wildman–Crippen LogP) is 1.11. The minimum absolute atomic E-state index is 0.0877. The van der Waals surface area contributed by atoms with Gasteiger partial charge in [-0.15, -0.1) is 0 Å². The minimum atomic E-state index is -3.72. The summed E-state index contributed by atoms with van der Waals surface area (Å²) in [7, 11) is -3.72. The number of hydrogen-bond donors (Lipinski definition) is 0. The van der Waals surface area contributed by atoms with Gasteiger partial charge in [0.25, 0.3) is 0 Å². The van der Waals surface area contributed by atoms with Gasteiger partial charge >= 0.3 is 5.69 Å². The molecule has 0 aliphatic carbocycles. The Bertz CT molecular complexity index is 883. The van der Waals surface area contributed by atoms with Crippen molar-refractivity contribution < 1.29 is 17.9 Å². The highest BCUT2D eigenvalue weighted by Gasteiger charge is 2.34. The molecule has 1 aliphatic rings. The molecule has 0 spiro atoms. The summed E-state index contributed by atoms with van der Waals surface area (Å²) in [5, 5.41) is 14.8. The molecule has 0 atom stereocenters. The normalized spacial score (nSPS) is 16.2. The Hall–Kier alpha value is -2.53. The van der Waals surface area contributed by atoms with E-state index in [1.165, 1.54) is 22.6 Å². The van der Waals surface area contributed by atoms with Crippen LogP contribution in [0.2, 0.25) is 0 Å². The molecule has 1 fully saturated rings. The molecule has 3 heterocycles. The van der Waals surface area contributed by atoms with Crippen LogP contribution in [0.3, 0.4) is 0 Å². The molecule has 11 heteroatoms. The van der Waals surface area contributed by atoms with Gasteiger partial charge in [-0.05, 0) is 19.9 Å². The van der Waals surface area contributed by atoms with Crippen LogP contribution in [0.1, 0.15) is 11.5 Å². The molecule has 10 nitrogen and oxygen atoms in total. The number of pyridine rings is 1. The second-order valence-electron chi connectivity index (χ2n) is 5.65. The van der Waals surface area contributed by atoms with E-state index in [4.69, 9.17) is 4.52 Å². The number of hydrogen-bond acceptors (Lipinski definition) is 8. The summed E-state index contributed by atoms with van der Waals surface area (Å²) in [5.41, 5.74) is 0.227. The lowest BCUT2D eigenvalue weighted by atomic mass is 10.3. The summed E-state index contributed by atoms with van der Waals surface area (Å²) < 4.78 is 31.9. The summed E-state index contributed by atoms with van der Waals surface area (Å²) in [6, 6.07) is 2.88. The van der Waals surface area contributed by atoms with Crippen LogP contribution in [-0.2, 0) is 10.0 Å². The fourth-order valence-electron chi connectivity index (χ4n) is 2.89. The fraction of sp³-hybridized carbons (Fsp3) is 0.429. The third-order valence-corrected chi connectivity index (χ3v) is 6.21. The highest BCUT2D eigenvalue weighted by atomic mass is 32.2. The molecular weight excluding hydrogens is 350 g/mol. The van der Waals surface area contributed by atoms with E-state index in [1.54, 1.807) is 18.7 Å². The Morgan fingerprint density at radius 2 is 1.92 bits per heavy atom. The van der Waals surface area contributed by atoms with E-state index in [0.29, 0.717) is 18.8 Å². The molecule has 0 bridgehead atoms. The number of sulfonamides is 1. The topological polar surface area (TPSA) is 123 Å². The monoisotopic (exact) mass is 367 g/mol. The van der Waals surface area contributed by atoms with E-state index in [-0.39, 0.29) is 35.3 Å². The molecule has 0 N–H and O–H groups in total. The highest BCUT2D eigenvalue weighted by Crippen LogP contribution is 2.28. The Morgan fingerprint density at radius 1 is 1.24 bits per heavy atom. The van der Waals surface area contributed by atoms with Crippen LogP contribution in [-0.4, -0.2) is 54.0 Å². The molecule has 0 radical (unpaired) electrons. The SMILES string of the molecule is Cc1noc(C)c1S(=O)(=O)N1CCN(c2ncccc2[N+](=O)[O-])CC1. The molecule has 1 aliphatic heterocycles. The molecule has 2 aromatic heterocycles. The molecule has 3 rings (SSSR count). The predicted molar refractivity (Wildman–Crippen MR) is 87.8 cm³/mol. The van der Waals surface area contributed by atoms with Crippen molar-refractivity contribution >= 4 is 21.5 Å². The zero-order valence-corrected chi connectivity index (χ0v) is 14.6. The fourth-order valence-corrected chi connectivity index (χ4v) is 4.60. The quantitative estimate of drug-likeness (QED) is 0.581. The van der Waals surface area contributed by atoms with E-state index in [2.05, 4.69) is 10.1 Å². The first kappa shape index (κ1) is 17.3. The van der Waals surface area contributed by atoms with Crippen LogP contribution in [0.4, 0.5) is 11.5 Å². The number of nitro groups is 1. The summed E-state index contributed by atoms with van der Waals surface area (Å²) in [6.45, 7) is 4.14. The second-order valence-corrected chi connectivity index (χ2v) is 7.52. The van der Waals surface area contributed by atoms with Crippen LogP contribution in [0.25, 0.3) is 0 Å². The van der Waals surface area contributed by atoms with Crippen molar-refractivity contribution in [2.24, 2.45) is 0 Å². The van der Waals surface area contributed by atoms with Gasteiger partial charge in [0.2, 0.25) is 15.8 Å². The van der Waals surface area contributed by atoms with Gasteiger partial charge in [0.05, 0.1) is 4.92 Å². The van der Waals surface area contributed by atoms with Gasteiger partial charge in [0.1, 0.15) is 10.6 Å². The molecule has 134 valence electrons. The van der Waals surface area contributed by atoms with Crippen molar-refractivity contribution in [3.63, 3.8) is 0 Å². The lowest BCUT2D eigenvalue weighted by Gasteiger charge is -2.34. The van der Waals surface area contributed by atoms with Crippen LogP contribution in [0, 0.1) is 24.0 Å². The van der Waals surface area contributed by atoms with Gasteiger partial charge in [0, 0.05) is 38.4 Å². The molecule has 2 aromatic rings.